The first-order valence-corrected chi connectivity index (χ1v) is 20.0. The van der Waals surface area contributed by atoms with Crippen molar-refractivity contribution in [1.29, 1.82) is 0 Å². The van der Waals surface area contributed by atoms with E-state index in [0.717, 1.165) is 44.8 Å². The molecule has 4 aromatic heterocycles. The van der Waals surface area contributed by atoms with E-state index in [2.05, 4.69) is 63.7 Å². The molecule has 0 aliphatic heterocycles. The van der Waals surface area contributed by atoms with Crippen molar-refractivity contribution >= 4 is 31.1 Å². The van der Waals surface area contributed by atoms with Crippen molar-refractivity contribution in [2.75, 3.05) is 27.3 Å². The number of H-pyrrole nitrogens is 1. The standard InChI is InChI=1S/C38H52N6O5Si/c1-24(2)31-21-41-44-33(27-15-25-13-14-39-34(25)40-20-27)19-32(42-35(31)44)26-16-28(46-10)18-29(17-26)47-23-30(49-50(11,12)38(6,7)8)22-43(9)36(45)48-37(3,4)5/h13-21,24,30H,22-23H2,1-12H3,(H,39,40). The highest BCUT2D eigenvalue weighted by molar-refractivity contribution is 6.74. The van der Waals surface area contributed by atoms with Gasteiger partial charge in [0.25, 0.3) is 0 Å². The molecule has 1 N–H and O–H groups in total. The molecule has 0 aliphatic carbocycles. The highest BCUT2D eigenvalue weighted by Gasteiger charge is 2.40. The molecule has 5 rings (SSSR count). The number of hydrogen-bond acceptors (Lipinski definition) is 8. The van der Waals surface area contributed by atoms with Gasteiger partial charge in [-0.3, -0.25) is 0 Å². The molecule has 0 radical (unpaired) electrons. The van der Waals surface area contributed by atoms with Crippen molar-refractivity contribution in [3.8, 4) is 34.0 Å². The van der Waals surface area contributed by atoms with Crippen LogP contribution in [0.4, 0.5) is 4.79 Å². The summed E-state index contributed by atoms with van der Waals surface area (Å²) < 4.78 is 26.6. The molecule has 4 heterocycles. The number of methoxy groups -OCH3 is 1. The third-order valence-electron chi connectivity index (χ3n) is 9.11. The third kappa shape index (κ3) is 8.30. The molecule has 0 saturated carbocycles. The predicted molar refractivity (Wildman–Crippen MR) is 201 cm³/mol. The van der Waals surface area contributed by atoms with E-state index in [1.807, 2.05) is 74.2 Å². The fourth-order valence-corrected chi connectivity index (χ4v) is 6.70. The summed E-state index contributed by atoms with van der Waals surface area (Å²) >= 11 is 0. The summed E-state index contributed by atoms with van der Waals surface area (Å²) in [4.78, 5) is 27.4. The number of nitrogens with zero attached hydrogens (tertiary/aromatic N) is 5. The summed E-state index contributed by atoms with van der Waals surface area (Å²) in [5, 5.41) is 5.71. The predicted octanol–water partition coefficient (Wildman–Crippen LogP) is 8.71. The average Bonchev–Trinajstić information content (AvgIpc) is 3.68. The quantitative estimate of drug-likeness (QED) is 0.136. The molecule has 0 fully saturated rings. The molecule has 1 atom stereocenters. The van der Waals surface area contributed by atoms with Crippen LogP contribution in [-0.4, -0.2) is 82.9 Å². The van der Waals surface area contributed by atoms with Crippen LogP contribution in [0.2, 0.25) is 18.1 Å². The van der Waals surface area contributed by atoms with Gasteiger partial charge < -0.3 is 28.5 Å². The smallest absolute Gasteiger partial charge is 0.410 e. The zero-order valence-electron chi connectivity index (χ0n) is 31.5. The van der Waals surface area contributed by atoms with Gasteiger partial charge in [-0.25, -0.2) is 19.3 Å². The monoisotopic (exact) mass is 700 g/mol. The van der Waals surface area contributed by atoms with E-state index < -0.39 is 26.1 Å². The van der Waals surface area contributed by atoms with Gasteiger partial charge in [0, 0.05) is 47.6 Å². The van der Waals surface area contributed by atoms with Crippen LogP contribution in [0.25, 0.3) is 39.2 Å². The van der Waals surface area contributed by atoms with Crippen LogP contribution in [0, 0.1) is 0 Å². The van der Waals surface area contributed by atoms with Crippen molar-refractivity contribution in [2.45, 2.75) is 91.1 Å². The van der Waals surface area contributed by atoms with E-state index in [1.54, 1.807) is 19.1 Å². The normalized spacial score (nSPS) is 13.2. The lowest BCUT2D eigenvalue weighted by Gasteiger charge is -2.40. The number of nitrogens with one attached hydrogen (secondary N) is 1. The lowest BCUT2D eigenvalue weighted by atomic mass is 10.1. The lowest BCUT2D eigenvalue weighted by Crippen LogP contribution is -2.49. The SMILES string of the molecule is COc1cc(OCC(CN(C)C(=O)OC(C)(C)C)O[Si](C)(C)C(C)(C)C)cc(-c2cc(-c3cnc4[nH]ccc4c3)n3ncc(C(C)C)c3n2)c1. The number of rotatable bonds is 11. The zero-order chi connectivity index (χ0) is 36.6. The first-order valence-electron chi connectivity index (χ1n) is 17.1. The highest BCUT2D eigenvalue weighted by Crippen LogP contribution is 2.38. The Balaban J connectivity index is 1.51. The van der Waals surface area contributed by atoms with E-state index in [0.29, 0.717) is 18.0 Å². The van der Waals surface area contributed by atoms with E-state index in [9.17, 15) is 4.79 Å². The lowest BCUT2D eigenvalue weighted by molar-refractivity contribution is 0.0172. The van der Waals surface area contributed by atoms with E-state index in [4.69, 9.17) is 28.7 Å². The number of hydrogen-bond donors (Lipinski definition) is 1. The van der Waals surface area contributed by atoms with Crippen LogP contribution in [0.1, 0.15) is 66.9 Å². The maximum Gasteiger partial charge on any atom is 0.410 e. The second-order valence-electron chi connectivity index (χ2n) is 15.7. The van der Waals surface area contributed by atoms with Gasteiger partial charge in [0.1, 0.15) is 29.4 Å². The molecule has 12 heteroatoms. The molecule has 50 heavy (non-hydrogen) atoms. The Morgan fingerprint density at radius 1 is 1.00 bits per heavy atom. The molecule has 268 valence electrons. The number of ether oxygens (including phenoxy) is 3. The third-order valence-corrected chi connectivity index (χ3v) is 13.6. The second-order valence-corrected chi connectivity index (χ2v) is 20.5. The molecular formula is C38H52N6O5Si. The number of pyridine rings is 1. The Bertz CT molecular complexity index is 1970. The van der Waals surface area contributed by atoms with Crippen molar-refractivity contribution < 1.29 is 23.4 Å². The van der Waals surface area contributed by atoms with Gasteiger partial charge >= 0.3 is 6.09 Å². The first-order chi connectivity index (χ1) is 23.3. The van der Waals surface area contributed by atoms with E-state index in [1.165, 1.54) is 0 Å². The molecular weight excluding hydrogens is 649 g/mol. The van der Waals surface area contributed by atoms with E-state index >= 15 is 0 Å². The topological polar surface area (TPSA) is 116 Å². The Kier molecular flexibility index (Phi) is 10.4. The maximum atomic E-state index is 12.9. The number of carbonyl (C=O) groups is 1. The fourth-order valence-electron chi connectivity index (χ4n) is 5.37. The van der Waals surface area contributed by atoms with Crippen LogP contribution < -0.4 is 9.47 Å². The van der Waals surface area contributed by atoms with Crippen molar-refractivity contribution in [2.24, 2.45) is 0 Å². The summed E-state index contributed by atoms with van der Waals surface area (Å²) in [5.41, 5.74) is 5.39. The first kappa shape index (κ1) is 36.8. The summed E-state index contributed by atoms with van der Waals surface area (Å²) in [6.07, 6.45) is 4.81. The van der Waals surface area contributed by atoms with Gasteiger partial charge in [-0.2, -0.15) is 5.10 Å². The Morgan fingerprint density at radius 2 is 1.72 bits per heavy atom. The molecule has 0 bridgehead atoms. The molecule has 1 amide bonds. The maximum absolute atomic E-state index is 12.9. The van der Waals surface area contributed by atoms with Crippen molar-refractivity contribution in [3.63, 3.8) is 0 Å². The number of carbonyl (C=O) groups excluding carboxylic acids is 1. The summed E-state index contributed by atoms with van der Waals surface area (Å²) in [5.74, 6) is 1.44. The average molecular weight is 701 g/mol. The molecule has 0 saturated heterocycles. The number of aromatic nitrogens is 5. The van der Waals surface area contributed by atoms with Gasteiger partial charge in [0.05, 0.1) is 37.3 Å². The number of amides is 1. The number of fused-ring (bicyclic) bond motifs is 2. The molecule has 0 spiro atoms. The van der Waals surface area contributed by atoms with Gasteiger partial charge in [-0.05, 0) is 75.2 Å². The van der Waals surface area contributed by atoms with Gasteiger partial charge in [0.15, 0.2) is 14.0 Å². The molecule has 0 aliphatic rings. The van der Waals surface area contributed by atoms with Crippen LogP contribution in [0.15, 0.2) is 55.0 Å². The Morgan fingerprint density at radius 3 is 2.38 bits per heavy atom. The summed E-state index contributed by atoms with van der Waals surface area (Å²) in [7, 11) is 1.13. The van der Waals surface area contributed by atoms with Gasteiger partial charge in [-0.1, -0.05) is 34.6 Å². The fraction of sp³-hybridized carbons (Fsp3) is 0.474. The van der Waals surface area contributed by atoms with Gasteiger partial charge in [0.2, 0.25) is 0 Å². The van der Waals surface area contributed by atoms with E-state index in [-0.39, 0.29) is 17.6 Å². The molecule has 5 aromatic rings. The number of benzene rings is 1. The van der Waals surface area contributed by atoms with Crippen molar-refractivity contribution in [1.82, 2.24) is 29.5 Å². The van der Waals surface area contributed by atoms with Crippen molar-refractivity contribution in [3.05, 3.63) is 60.6 Å². The highest BCUT2D eigenvalue weighted by atomic mass is 28.4. The zero-order valence-corrected chi connectivity index (χ0v) is 32.5. The van der Waals surface area contributed by atoms with Crippen LogP contribution in [0.3, 0.4) is 0 Å². The van der Waals surface area contributed by atoms with Gasteiger partial charge in [-0.15, -0.1) is 0 Å². The molecule has 11 nitrogen and oxygen atoms in total. The summed E-state index contributed by atoms with van der Waals surface area (Å²) in [6.45, 7) is 21.3. The number of likely N-dealkylation sites (N-methyl/N-ethyl adjacent to an activating group) is 1. The van der Waals surface area contributed by atoms with Crippen LogP contribution >= 0.6 is 0 Å². The summed E-state index contributed by atoms with van der Waals surface area (Å²) in [6, 6.07) is 11.9. The minimum absolute atomic E-state index is 0.0371. The Labute approximate surface area is 296 Å². The van der Waals surface area contributed by atoms with Crippen LogP contribution in [-0.2, 0) is 9.16 Å². The Hall–Kier alpha value is -4.42. The number of aromatic amines is 1. The molecule has 1 aromatic carbocycles. The molecule has 1 unspecified atom stereocenters. The minimum Gasteiger partial charge on any atom is -0.497 e. The minimum atomic E-state index is -2.23. The second kappa shape index (κ2) is 14.1. The largest absolute Gasteiger partial charge is 0.497 e. The van der Waals surface area contributed by atoms with Crippen LogP contribution in [0.5, 0.6) is 11.5 Å².